The van der Waals surface area contributed by atoms with Crippen molar-refractivity contribution in [1.82, 2.24) is 4.90 Å². The molecule has 0 saturated heterocycles. The lowest BCUT2D eigenvalue weighted by Crippen LogP contribution is -2.30. The van der Waals surface area contributed by atoms with Crippen molar-refractivity contribution in [3.8, 4) is 0 Å². The molecule has 15 heavy (non-hydrogen) atoms. The highest BCUT2D eigenvalue weighted by Gasteiger charge is 2.14. The number of carbonyl (C=O) groups excluding carboxylic acids is 1. The molecular formula is C12H16FNO. The van der Waals surface area contributed by atoms with Crippen LogP contribution in [0, 0.1) is 11.7 Å². The van der Waals surface area contributed by atoms with Gasteiger partial charge in [0, 0.05) is 25.1 Å². The second-order valence-corrected chi connectivity index (χ2v) is 3.94. The van der Waals surface area contributed by atoms with Crippen molar-refractivity contribution < 1.29 is 9.18 Å². The van der Waals surface area contributed by atoms with E-state index in [1.54, 1.807) is 30.1 Å². The monoisotopic (exact) mass is 209 g/mol. The van der Waals surface area contributed by atoms with E-state index in [4.69, 9.17) is 0 Å². The Labute approximate surface area is 89.7 Å². The lowest BCUT2D eigenvalue weighted by atomic mass is 10.1. The summed E-state index contributed by atoms with van der Waals surface area (Å²) in [7, 11) is 1.69. The van der Waals surface area contributed by atoms with Gasteiger partial charge in [0.25, 0.3) is 0 Å². The average molecular weight is 209 g/mol. The van der Waals surface area contributed by atoms with Crippen molar-refractivity contribution in [1.29, 1.82) is 0 Å². The number of halogens is 1. The van der Waals surface area contributed by atoms with Crippen LogP contribution in [0.2, 0.25) is 0 Å². The fraction of sp³-hybridized carbons (Fsp3) is 0.417. The van der Waals surface area contributed by atoms with Crippen LogP contribution >= 0.6 is 0 Å². The first-order chi connectivity index (χ1) is 7.02. The first kappa shape index (κ1) is 11.7. The van der Waals surface area contributed by atoms with Crippen LogP contribution in [0.25, 0.3) is 0 Å². The molecule has 0 saturated carbocycles. The molecule has 0 heterocycles. The molecule has 1 rings (SSSR count). The van der Waals surface area contributed by atoms with E-state index in [1.165, 1.54) is 6.07 Å². The van der Waals surface area contributed by atoms with E-state index in [0.29, 0.717) is 12.1 Å². The zero-order valence-corrected chi connectivity index (χ0v) is 9.33. The maximum absolute atomic E-state index is 13.3. The number of nitrogens with zero attached hydrogens (tertiary/aromatic N) is 1. The third-order valence-corrected chi connectivity index (χ3v) is 2.24. The van der Waals surface area contributed by atoms with E-state index in [2.05, 4.69) is 0 Å². The topological polar surface area (TPSA) is 20.3 Å². The molecule has 0 aliphatic carbocycles. The number of hydrogen-bond donors (Lipinski definition) is 0. The molecule has 0 aliphatic heterocycles. The van der Waals surface area contributed by atoms with Gasteiger partial charge in [-0.2, -0.15) is 0 Å². The van der Waals surface area contributed by atoms with Gasteiger partial charge in [-0.25, -0.2) is 4.39 Å². The molecule has 0 aromatic heterocycles. The summed E-state index contributed by atoms with van der Waals surface area (Å²) in [5.41, 5.74) is 0.550. The number of amides is 1. The molecule has 2 nitrogen and oxygen atoms in total. The van der Waals surface area contributed by atoms with E-state index < -0.39 is 0 Å². The molecule has 0 atom stereocenters. The average Bonchev–Trinajstić information content (AvgIpc) is 2.20. The molecule has 3 heteroatoms. The molecule has 1 amide bonds. The Morgan fingerprint density at radius 2 is 2.00 bits per heavy atom. The van der Waals surface area contributed by atoms with Crippen LogP contribution in [0.3, 0.4) is 0 Å². The van der Waals surface area contributed by atoms with Gasteiger partial charge in [0.1, 0.15) is 5.82 Å². The van der Waals surface area contributed by atoms with Gasteiger partial charge < -0.3 is 4.90 Å². The quantitative estimate of drug-likeness (QED) is 0.748. The summed E-state index contributed by atoms with van der Waals surface area (Å²) < 4.78 is 13.3. The van der Waals surface area contributed by atoms with Gasteiger partial charge in [0.2, 0.25) is 5.91 Å². The van der Waals surface area contributed by atoms with Gasteiger partial charge in [0.15, 0.2) is 0 Å². The van der Waals surface area contributed by atoms with Crippen molar-refractivity contribution in [2.45, 2.75) is 20.4 Å². The predicted octanol–water partition coefficient (Wildman–Crippen LogP) is 2.44. The van der Waals surface area contributed by atoms with Gasteiger partial charge in [-0.3, -0.25) is 4.79 Å². The molecule has 0 aliphatic rings. The summed E-state index contributed by atoms with van der Waals surface area (Å²) in [5.74, 6) is -0.291. The Bertz CT molecular complexity index is 349. The summed E-state index contributed by atoms with van der Waals surface area (Å²) in [6.45, 7) is 3.99. The third kappa shape index (κ3) is 3.05. The lowest BCUT2D eigenvalue weighted by Gasteiger charge is -2.19. The van der Waals surface area contributed by atoms with Gasteiger partial charge in [0.05, 0.1) is 0 Å². The smallest absolute Gasteiger partial charge is 0.225 e. The van der Waals surface area contributed by atoms with Crippen molar-refractivity contribution in [3.05, 3.63) is 35.6 Å². The molecule has 0 spiro atoms. The fourth-order valence-electron chi connectivity index (χ4n) is 1.40. The summed E-state index contributed by atoms with van der Waals surface area (Å²) in [4.78, 5) is 13.1. The molecule has 1 aromatic carbocycles. The summed E-state index contributed by atoms with van der Waals surface area (Å²) in [5, 5.41) is 0. The lowest BCUT2D eigenvalue weighted by molar-refractivity contribution is -0.133. The first-order valence-electron chi connectivity index (χ1n) is 5.00. The minimum absolute atomic E-state index is 0.0262. The second kappa shape index (κ2) is 4.91. The molecule has 82 valence electrons. The molecule has 0 bridgehead atoms. The molecule has 0 fully saturated rings. The summed E-state index contributed by atoms with van der Waals surface area (Å²) in [6.07, 6.45) is 0. The predicted molar refractivity (Wildman–Crippen MR) is 57.7 cm³/mol. The first-order valence-corrected chi connectivity index (χ1v) is 5.00. The standard InChI is InChI=1S/C12H16FNO/c1-9(2)12(15)14(3)8-10-6-4-5-7-11(10)13/h4-7,9H,8H2,1-3H3. The van der Waals surface area contributed by atoms with E-state index in [9.17, 15) is 9.18 Å². The van der Waals surface area contributed by atoms with Gasteiger partial charge >= 0.3 is 0 Å². The second-order valence-electron chi connectivity index (χ2n) is 3.94. The Morgan fingerprint density at radius 1 is 1.40 bits per heavy atom. The van der Waals surface area contributed by atoms with Gasteiger partial charge in [-0.1, -0.05) is 32.0 Å². The van der Waals surface area contributed by atoms with E-state index in [0.717, 1.165) is 0 Å². The number of benzene rings is 1. The van der Waals surface area contributed by atoms with E-state index in [1.807, 2.05) is 13.8 Å². The largest absolute Gasteiger partial charge is 0.341 e. The van der Waals surface area contributed by atoms with Crippen LogP contribution in [0.5, 0.6) is 0 Å². The SMILES string of the molecule is CC(C)C(=O)N(C)Cc1ccccc1F. The van der Waals surface area contributed by atoms with Crippen LogP contribution in [0.15, 0.2) is 24.3 Å². The van der Waals surface area contributed by atoms with Crippen LogP contribution < -0.4 is 0 Å². The normalized spacial score (nSPS) is 10.5. The van der Waals surface area contributed by atoms with E-state index in [-0.39, 0.29) is 17.6 Å². The zero-order chi connectivity index (χ0) is 11.4. The molecular weight excluding hydrogens is 193 g/mol. The Morgan fingerprint density at radius 3 is 2.53 bits per heavy atom. The molecule has 0 radical (unpaired) electrons. The minimum Gasteiger partial charge on any atom is -0.341 e. The van der Waals surface area contributed by atoms with Crippen LogP contribution in [0.1, 0.15) is 19.4 Å². The summed E-state index contributed by atoms with van der Waals surface area (Å²) in [6, 6.07) is 6.51. The van der Waals surface area contributed by atoms with Crippen LogP contribution in [-0.4, -0.2) is 17.9 Å². The minimum atomic E-state index is -0.263. The maximum Gasteiger partial charge on any atom is 0.225 e. The molecule has 0 N–H and O–H groups in total. The summed E-state index contributed by atoms with van der Waals surface area (Å²) >= 11 is 0. The van der Waals surface area contributed by atoms with Crippen LogP contribution in [-0.2, 0) is 11.3 Å². The highest BCUT2D eigenvalue weighted by atomic mass is 19.1. The number of hydrogen-bond acceptors (Lipinski definition) is 1. The molecule has 0 unspecified atom stereocenters. The molecule has 1 aromatic rings. The zero-order valence-electron chi connectivity index (χ0n) is 9.33. The Balaban J connectivity index is 2.71. The highest BCUT2D eigenvalue weighted by Crippen LogP contribution is 2.10. The number of rotatable bonds is 3. The van der Waals surface area contributed by atoms with Crippen molar-refractivity contribution in [3.63, 3.8) is 0 Å². The van der Waals surface area contributed by atoms with Gasteiger partial charge in [-0.15, -0.1) is 0 Å². The van der Waals surface area contributed by atoms with Crippen molar-refractivity contribution in [2.24, 2.45) is 5.92 Å². The van der Waals surface area contributed by atoms with Crippen molar-refractivity contribution >= 4 is 5.91 Å². The van der Waals surface area contributed by atoms with Crippen LogP contribution in [0.4, 0.5) is 4.39 Å². The number of carbonyl (C=O) groups is 1. The Hall–Kier alpha value is -1.38. The van der Waals surface area contributed by atoms with Crippen molar-refractivity contribution in [2.75, 3.05) is 7.05 Å². The maximum atomic E-state index is 13.3. The third-order valence-electron chi connectivity index (χ3n) is 2.24. The Kier molecular flexibility index (Phi) is 3.83. The highest BCUT2D eigenvalue weighted by molar-refractivity contribution is 5.77. The van der Waals surface area contributed by atoms with E-state index >= 15 is 0 Å². The van der Waals surface area contributed by atoms with Gasteiger partial charge in [-0.05, 0) is 6.07 Å². The fourth-order valence-corrected chi connectivity index (χ4v) is 1.40.